The molecule has 4 rings (SSSR count). The Morgan fingerprint density at radius 1 is 1.15 bits per heavy atom. The number of pyridine rings is 1. The topological polar surface area (TPSA) is 69.0 Å². The number of nitrogens with one attached hydrogen (secondary N) is 1. The van der Waals surface area contributed by atoms with Crippen molar-refractivity contribution in [1.82, 2.24) is 14.8 Å². The van der Waals surface area contributed by atoms with Gasteiger partial charge in [0.05, 0.1) is 35.8 Å². The van der Waals surface area contributed by atoms with Crippen LogP contribution in [0, 0.1) is 5.82 Å². The van der Waals surface area contributed by atoms with Gasteiger partial charge in [0.15, 0.2) is 5.65 Å². The van der Waals surface area contributed by atoms with Crippen molar-refractivity contribution in [2.45, 2.75) is 25.3 Å². The molecular formula is C25H24ClFN4O2. The van der Waals surface area contributed by atoms with Gasteiger partial charge in [0, 0.05) is 12.7 Å². The Hall–Kier alpha value is -3.45. The Morgan fingerprint density at radius 3 is 2.64 bits per heavy atom. The molecule has 2 aromatic carbocycles. The summed E-state index contributed by atoms with van der Waals surface area (Å²) in [4.78, 5) is 17.0. The van der Waals surface area contributed by atoms with Crippen LogP contribution in [-0.4, -0.2) is 33.9 Å². The van der Waals surface area contributed by atoms with E-state index >= 15 is 0 Å². The second-order valence-corrected chi connectivity index (χ2v) is 8.04. The summed E-state index contributed by atoms with van der Waals surface area (Å²) < 4.78 is 20.1. The van der Waals surface area contributed by atoms with Crippen LogP contribution in [0.4, 0.5) is 10.1 Å². The average Bonchev–Trinajstić information content (AvgIpc) is 3.24. The number of carbonyl (C=O) groups is 1. The molecule has 6 nitrogen and oxygen atoms in total. The van der Waals surface area contributed by atoms with Crippen molar-refractivity contribution in [3.63, 3.8) is 0 Å². The fraction of sp³-hybridized carbons (Fsp3) is 0.240. The van der Waals surface area contributed by atoms with E-state index in [9.17, 15) is 9.18 Å². The van der Waals surface area contributed by atoms with Gasteiger partial charge in [-0.25, -0.2) is 18.9 Å². The highest BCUT2D eigenvalue weighted by atomic mass is 35.5. The van der Waals surface area contributed by atoms with Gasteiger partial charge in [0.25, 0.3) is 0 Å². The molecule has 8 heteroatoms. The number of esters is 1. The Balaban J connectivity index is 1.61. The molecule has 1 N–H and O–H groups in total. The molecule has 0 saturated carbocycles. The zero-order valence-corrected chi connectivity index (χ0v) is 18.9. The minimum atomic E-state index is -0.455. The monoisotopic (exact) mass is 466 g/mol. The van der Waals surface area contributed by atoms with Crippen LogP contribution in [0.1, 0.15) is 33.8 Å². The van der Waals surface area contributed by atoms with E-state index in [1.165, 1.54) is 18.3 Å². The lowest BCUT2D eigenvalue weighted by molar-refractivity contribution is 0.0527. The van der Waals surface area contributed by atoms with Crippen LogP contribution >= 0.6 is 11.6 Å². The molecular weight excluding hydrogens is 443 g/mol. The molecule has 4 aromatic rings. The van der Waals surface area contributed by atoms with E-state index in [1.54, 1.807) is 29.9 Å². The van der Waals surface area contributed by atoms with Crippen LogP contribution in [-0.2, 0) is 17.7 Å². The zero-order chi connectivity index (χ0) is 23.2. The van der Waals surface area contributed by atoms with Crippen molar-refractivity contribution >= 4 is 34.3 Å². The molecule has 170 valence electrons. The first kappa shape index (κ1) is 22.7. The maximum absolute atomic E-state index is 13.2. The van der Waals surface area contributed by atoms with Crippen molar-refractivity contribution in [3.05, 3.63) is 89.5 Å². The SMILES string of the molecule is CCOC(=O)c1cnc2c(cnn2CC(Cl)c2ccccc2)c1NCCc1ccc(F)cc1. The number of halogens is 2. The maximum Gasteiger partial charge on any atom is 0.341 e. The van der Waals surface area contributed by atoms with Gasteiger partial charge in [-0.2, -0.15) is 5.10 Å². The first-order valence-electron chi connectivity index (χ1n) is 10.8. The number of benzene rings is 2. The molecule has 2 aromatic heterocycles. The number of carbonyl (C=O) groups excluding carboxylic acids is 1. The highest BCUT2D eigenvalue weighted by Gasteiger charge is 2.20. The summed E-state index contributed by atoms with van der Waals surface area (Å²) in [6.45, 7) is 2.98. The van der Waals surface area contributed by atoms with Gasteiger partial charge in [-0.1, -0.05) is 42.5 Å². The molecule has 0 saturated heterocycles. The van der Waals surface area contributed by atoms with Gasteiger partial charge in [-0.3, -0.25) is 0 Å². The van der Waals surface area contributed by atoms with E-state index in [1.807, 2.05) is 30.3 Å². The third kappa shape index (κ3) is 5.31. The molecule has 0 spiro atoms. The third-order valence-electron chi connectivity index (χ3n) is 5.28. The molecule has 0 bridgehead atoms. The van der Waals surface area contributed by atoms with E-state index in [0.29, 0.717) is 41.8 Å². The molecule has 1 unspecified atom stereocenters. The lowest BCUT2D eigenvalue weighted by Crippen LogP contribution is -2.13. The smallest absolute Gasteiger partial charge is 0.341 e. The van der Waals surface area contributed by atoms with Crippen LogP contribution in [0.15, 0.2) is 67.0 Å². The van der Waals surface area contributed by atoms with E-state index in [2.05, 4.69) is 15.4 Å². The van der Waals surface area contributed by atoms with Gasteiger partial charge in [0.2, 0.25) is 0 Å². The minimum Gasteiger partial charge on any atom is -0.462 e. The standard InChI is InChI=1S/C25H24ClFN4O2/c1-2-33-25(32)21-14-29-24-20(23(21)28-13-12-17-8-10-19(27)11-9-17)15-30-31(24)16-22(26)18-6-4-3-5-7-18/h3-11,14-15,22H,2,12-13,16H2,1H3,(H,28,29). The molecule has 1 atom stereocenters. The quantitative estimate of drug-likeness (QED) is 0.265. The van der Waals surface area contributed by atoms with Crippen molar-refractivity contribution < 1.29 is 13.9 Å². The number of alkyl halides is 1. The predicted molar refractivity (Wildman–Crippen MR) is 127 cm³/mol. The van der Waals surface area contributed by atoms with Crippen molar-refractivity contribution in [3.8, 4) is 0 Å². The number of rotatable bonds is 9. The number of anilines is 1. The van der Waals surface area contributed by atoms with Gasteiger partial charge < -0.3 is 10.1 Å². The first-order valence-corrected chi connectivity index (χ1v) is 11.2. The summed E-state index contributed by atoms with van der Waals surface area (Å²) in [7, 11) is 0. The number of hydrogen-bond donors (Lipinski definition) is 1. The van der Waals surface area contributed by atoms with Gasteiger partial charge >= 0.3 is 5.97 Å². The van der Waals surface area contributed by atoms with E-state index in [-0.39, 0.29) is 17.8 Å². The number of hydrogen-bond acceptors (Lipinski definition) is 5. The summed E-state index contributed by atoms with van der Waals surface area (Å²) in [5, 5.41) is 8.24. The van der Waals surface area contributed by atoms with Crippen LogP contribution in [0.3, 0.4) is 0 Å². The molecule has 0 aliphatic rings. The summed E-state index contributed by atoms with van der Waals surface area (Å²) in [6, 6.07) is 16.1. The van der Waals surface area contributed by atoms with E-state index in [0.717, 1.165) is 11.1 Å². The predicted octanol–water partition coefficient (Wildman–Crippen LogP) is 5.38. The number of ether oxygens (including phenoxy) is 1. The molecule has 0 aliphatic heterocycles. The van der Waals surface area contributed by atoms with Gasteiger partial charge in [-0.15, -0.1) is 11.6 Å². The second kappa shape index (κ2) is 10.4. The number of aromatic nitrogens is 3. The summed E-state index contributed by atoms with van der Waals surface area (Å²) in [5.41, 5.74) is 3.54. The van der Waals surface area contributed by atoms with Crippen LogP contribution in [0.5, 0.6) is 0 Å². The van der Waals surface area contributed by atoms with E-state index in [4.69, 9.17) is 16.3 Å². The number of fused-ring (bicyclic) bond motifs is 1. The van der Waals surface area contributed by atoms with Crippen molar-refractivity contribution in [2.75, 3.05) is 18.5 Å². The first-order chi connectivity index (χ1) is 16.1. The second-order valence-electron chi connectivity index (χ2n) is 7.51. The van der Waals surface area contributed by atoms with Crippen molar-refractivity contribution in [1.29, 1.82) is 0 Å². The summed E-state index contributed by atoms with van der Waals surface area (Å²) in [6.07, 6.45) is 3.84. The van der Waals surface area contributed by atoms with Crippen molar-refractivity contribution in [2.24, 2.45) is 0 Å². The molecule has 0 aliphatic carbocycles. The molecule has 33 heavy (non-hydrogen) atoms. The lowest BCUT2D eigenvalue weighted by atomic mass is 10.1. The maximum atomic E-state index is 13.2. The largest absolute Gasteiger partial charge is 0.462 e. The van der Waals surface area contributed by atoms with Crippen LogP contribution < -0.4 is 5.32 Å². The normalized spacial score (nSPS) is 12.0. The average molecular weight is 467 g/mol. The number of nitrogens with zero attached hydrogens (tertiary/aromatic N) is 3. The zero-order valence-electron chi connectivity index (χ0n) is 18.2. The fourth-order valence-electron chi connectivity index (χ4n) is 3.62. The Labute approximate surface area is 196 Å². The Kier molecular flexibility index (Phi) is 7.19. The third-order valence-corrected chi connectivity index (χ3v) is 5.67. The van der Waals surface area contributed by atoms with Crippen LogP contribution in [0.25, 0.3) is 11.0 Å². The van der Waals surface area contributed by atoms with E-state index < -0.39 is 5.97 Å². The van der Waals surface area contributed by atoms with Gasteiger partial charge in [0.1, 0.15) is 11.4 Å². The summed E-state index contributed by atoms with van der Waals surface area (Å²) >= 11 is 6.62. The molecule has 0 amide bonds. The van der Waals surface area contributed by atoms with Crippen LogP contribution in [0.2, 0.25) is 0 Å². The molecule has 2 heterocycles. The van der Waals surface area contributed by atoms with Gasteiger partial charge in [-0.05, 0) is 36.6 Å². The highest BCUT2D eigenvalue weighted by molar-refractivity contribution is 6.20. The molecule has 0 fully saturated rings. The fourth-order valence-corrected chi connectivity index (χ4v) is 3.89. The lowest BCUT2D eigenvalue weighted by Gasteiger charge is -2.14. The summed E-state index contributed by atoms with van der Waals surface area (Å²) in [5.74, 6) is -0.726. The Bertz CT molecular complexity index is 1230. The molecule has 0 radical (unpaired) electrons. The minimum absolute atomic E-state index is 0.260. The Morgan fingerprint density at radius 2 is 1.91 bits per heavy atom. The highest BCUT2D eigenvalue weighted by Crippen LogP contribution is 2.29.